The molecular formula is C13H19NO2. The van der Waals surface area contributed by atoms with Crippen LogP contribution in [-0.4, -0.2) is 42.5 Å². The molecule has 1 aromatic rings. The zero-order valence-corrected chi connectivity index (χ0v) is 10.2. The van der Waals surface area contributed by atoms with Crippen LogP contribution in [0.3, 0.4) is 0 Å². The third-order valence-electron chi connectivity index (χ3n) is 2.58. The highest BCUT2D eigenvalue weighted by Gasteiger charge is 2.11. The Morgan fingerprint density at radius 3 is 2.62 bits per heavy atom. The van der Waals surface area contributed by atoms with Gasteiger partial charge < -0.3 is 5.11 Å². The fourth-order valence-electron chi connectivity index (χ4n) is 1.71. The molecule has 1 N–H and O–H groups in total. The first-order valence-electron chi connectivity index (χ1n) is 5.44. The summed E-state index contributed by atoms with van der Waals surface area (Å²) in [5.41, 5.74) is 2.95. The van der Waals surface area contributed by atoms with Crippen LogP contribution in [-0.2, 0) is 0 Å². The smallest absolute Gasteiger partial charge is 0.177 e. The molecule has 0 aromatic heterocycles. The first-order chi connectivity index (χ1) is 7.54. The van der Waals surface area contributed by atoms with E-state index < -0.39 is 0 Å². The van der Waals surface area contributed by atoms with Crippen molar-refractivity contribution in [2.24, 2.45) is 0 Å². The van der Waals surface area contributed by atoms with E-state index in [0.29, 0.717) is 13.1 Å². The monoisotopic (exact) mass is 221 g/mol. The molecule has 0 aliphatic carbocycles. The Kier molecular flexibility index (Phi) is 4.65. The van der Waals surface area contributed by atoms with Crippen LogP contribution < -0.4 is 0 Å². The number of hydrogen-bond donors (Lipinski definition) is 1. The number of carbonyl (C=O) groups excluding carboxylic acids is 1. The first kappa shape index (κ1) is 12.9. The number of ketones is 1. The van der Waals surface area contributed by atoms with Gasteiger partial charge in [0, 0.05) is 12.1 Å². The van der Waals surface area contributed by atoms with Gasteiger partial charge in [-0.15, -0.1) is 0 Å². The van der Waals surface area contributed by atoms with E-state index >= 15 is 0 Å². The van der Waals surface area contributed by atoms with Gasteiger partial charge >= 0.3 is 0 Å². The minimum Gasteiger partial charge on any atom is -0.395 e. The van der Waals surface area contributed by atoms with Crippen molar-refractivity contribution in [1.29, 1.82) is 0 Å². The highest BCUT2D eigenvalue weighted by molar-refractivity contribution is 5.98. The molecule has 1 rings (SSSR count). The number of rotatable bonds is 5. The van der Waals surface area contributed by atoms with Gasteiger partial charge in [-0.3, -0.25) is 9.69 Å². The van der Waals surface area contributed by atoms with Gasteiger partial charge in [0.15, 0.2) is 5.78 Å². The van der Waals surface area contributed by atoms with E-state index in [2.05, 4.69) is 0 Å². The Bertz CT molecular complexity index is 374. The molecule has 0 heterocycles. The maximum Gasteiger partial charge on any atom is 0.177 e. The minimum absolute atomic E-state index is 0.0800. The Labute approximate surface area is 96.7 Å². The summed E-state index contributed by atoms with van der Waals surface area (Å²) in [6.07, 6.45) is 0. The lowest BCUT2D eigenvalue weighted by Gasteiger charge is -2.14. The quantitative estimate of drug-likeness (QED) is 0.764. The number of hydrogen-bond acceptors (Lipinski definition) is 3. The van der Waals surface area contributed by atoms with E-state index in [0.717, 1.165) is 16.7 Å². The van der Waals surface area contributed by atoms with Crippen LogP contribution >= 0.6 is 0 Å². The second-order valence-corrected chi connectivity index (χ2v) is 4.20. The van der Waals surface area contributed by atoms with Crippen molar-refractivity contribution in [3.05, 3.63) is 34.9 Å². The van der Waals surface area contributed by atoms with Crippen LogP contribution in [0, 0.1) is 13.8 Å². The number of aryl methyl sites for hydroxylation is 2. The van der Waals surface area contributed by atoms with Crippen molar-refractivity contribution in [2.45, 2.75) is 13.8 Å². The largest absolute Gasteiger partial charge is 0.395 e. The molecule has 88 valence electrons. The second-order valence-electron chi connectivity index (χ2n) is 4.20. The highest BCUT2D eigenvalue weighted by Crippen LogP contribution is 2.11. The normalized spacial score (nSPS) is 10.8. The van der Waals surface area contributed by atoms with E-state index in [-0.39, 0.29) is 12.4 Å². The van der Waals surface area contributed by atoms with Crippen molar-refractivity contribution < 1.29 is 9.90 Å². The molecule has 16 heavy (non-hydrogen) atoms. The number of aliphatic hydroxyl groups is 1. The van der Waals surface area contributed by atoms with Crippen LogP contribution in [0.4, 0.5) is 0 Å². The lowest BCUT2D eigenvalue weighted by molar-refractivity contribution is 0.0935. The predicted octanol–water partition coefficient (Wildman–Crippen LogP) is 1.41. The van der Waals surface area contributed by atoms with Gasteiger partial charge in [-0.05, 0) is 26.5 Å². The molecule has 0 fully saturated rings. The lowest BCUT2D eigenvalue weighted by atomic mass is 10.0. The van der Waals surface area contributed by atoms with E-state index in [9.17, 15) is 4.79 Å². The van der Waals surface area contributed by atoms with Gasteiger partial charge in [-0.25, -0.2) is 0 Å². The van der Waals surface area contributed by atoms with Gasteiger partial charge in [0.2, 0.25) is 0 Å². The number of Topliss-reactive ketones (excluding diaryl/α,β-unsaturated/α-hetero) is 1. The topological polar surface area (TPSA) is 40.5 Å². The van der Waals surface area contributed by atoms with Gasteiger partial charge in [0.05, 0.1) is 13.2 Å². The Hall–Kier alpha value is -1.19. The van der Waals surface area contributed by atoms with Gasteiger partial charge in [-0.1, -0.05) is 23.8 Å². The molecule has 0 saturated carbocycles. The minimum atomic E-state index is 0.0800. The maximum absolute atomic E-state index is 11.9. The maximum atomic E-state index is 11.9. The van der Waals surface area contributed by atoms with Crippen LogP contribution in [0.1, 0.15) is 21.5 Å². The first-order valence-corrected chi connectivity index (χ1v) is 5.44. The molecule has 1 aromatic carbocycles. The standard InChI is InChI=1S/C13H19NO2/c1-10-4-5-12(11(2)8-10)13(16)9-14(3)6-7-15/h4-5,8,15H,6-7,9H2,1-3H3. The molecule has 0 bridgehead atoms. The second kappa shape index (κ2) is 5.77. The van der Waals surface area contributed by atoms with Gasteiger partial charge in [0.1, 0.15) is 0 Å². The summed E-state index contributed by atoms with van der Waals surface area (Å²) in [5, 5.41) is 8.76. The summed E-state index contributed by atoms with van der Waals surface area (Å²) in [6, 6.07) is 5.84. The molecular weight excluding hydrogens is 202 g/mol. The van der Waals surface area contributed by atoms with Crippen LogP contribution in [0.25, 0.3) is 0 Å². The zero-order valence-electron chi connectivity index (χ0n) is 10.2. The van der Waals surface area contributed by atoms with Gasteiger partial charge in [0.25, 0.3) is 0 Å². The molecule has 0 aliphatic rings. The molecule has 0 spiro atoms. The molecule has 0 radical (unpaired) electrons. The third-order valence-corrected chi connectivity index (χ3v) is 2.58. The predicted molar refractivity (Wildman–Crippen MR) is 64.8 cm³/mol. The number of aliphatic hydroxyl groups excluding tert-OH is 1. The van der Waals surface area contributed by atoms with Gasteiger partial charge in [-0.2, -0.15) is 0 Å². The molecule has 0 amide bonds. The van der Waals surface area contributed by atoms with E-state index in [4.69, 9.17) is 5.11 Å². The van der Waals surface area contributed by atoms with E-state index in [1.807, 2.05) is 44.0 Å². The highest BCUT2D eigenvalue weighted by atomic mass is 16.3. The summed E-state index contributed by atoms with van der Waals surface area (Å²) in [6.45, 7) is 4.92. The lowest BCUT2D eigenvalue weighted by Crippen LogP contribution is -2.28. The van der Waals surface area contributed by atoms with Crippen molar-refractivity contribution in [3.8, 4) is 0 Å². The summed E-state index contributed by atoms with van der Waals surface area (Å²) in [5.74, 6) is 0.105. The summed E-state index contributed by atoms with van der Waals surface area (Å²) in [4.78, 5) is 13.8. The molecule has 3 nitrogen and oxygen atoms in total. The summed E-state index contributed by atoms with van der Waals surface area (Å²) < 4.78 is 0. The molecule has 0 aliphatic heterocycles. The number of likely N-dealkylation sites (N-methyl/N-ethyl adjacent to an activating group) is 1. The SMILES string of the molecule is Cc1ccc(C(=O)CN(C)CCO)c(C)c1. The molecule has 0 atom stereocenters. The van der Waals surface area contributed by atoms with Crippen molar-refractivity contribution in [3.63, 3.8) is 0 Å². The molecule has 3 heteroatoms. The Morgan fingerprint density at radius 2 is 2.06 bits per heavy atom. The number of nitrogens with zero attached hydrogens (tertiary/aromatic N) is 1. The van der Waals surface area contributed by atoms with Crippen LogP contribution in [0.15, 0.2) is 18.2 Å². The number of carbonyl (C=O) groups is 1. The Morgan fingerprint density at radius 1 is 1.38 bits per heavy atom. The van der Waals surface area contributed by atoms with Crippen LogP contribution in [0.2, 0.25) is 0 Å². The third kappa shape index (κ3) is 3.43. The van der Waals surface area contributed by atoms with Crippen molar-refractivity contribution in [2.75, 3.05) is 26.7 Å². The number of benzene rings is 1. The van der Waals surface area contributed by atoms with Crippen molar-refractivity contribution in [1.82, 2.24) is 4.90 Å². The van der Waals surface area contributed by atoms with Crippen LogP contribution in [0.5, 0.6) is 0 Å². The molecule has 0 saturated heterocycles. The fraction of sp³-hybridized carbons (Fsp3) is 0.462. The Balaban J connectivity index is 2.73. The fourth-order valence-corrected chi connectivity index (χ4v) is 1.71. The average molecular weight is 221 g/mol. The summed E-state index contributed by atoms with van der Waals surface area (Å²) in [7, 11) is 1.83. The van der Waals surface area contributed by atoms with Crippen molar-refractivity contribution >= 4 is 5.78 Å². The summed E-state index contributed by atoms with van der Waals surface area (Å²) >= 11 is 0. The average Bonchev–Trinajstić information content (AvgIpc) is 2.17. The van der Waals surface area contributed by atoms with E-state index in [1.165, 1.54) is 0 Å². The zero-order chi connectivity index (χ0) is 12.1. The molecule has 0 unspecified atom stereocenters. The van der Waals surface area contributed by atoms with E-state index in [1.54, 1.807) is 0 Å².